The first-order chi connectivity index (χ1) is 6.66. The Morgan fingerprint density at radius 3 is 2.53 bits per heavy atom. The SMILES string of the molecule is CCCC(C(=O)[O-])c1ccccc1F.[Li+]. The first-order valence-electron chi connectivity index (χ1n) is 4.62. The van der Waals surface area contributed by atoms with Crippen molar-refractivity contribution in [1.82, 2.24) is 0 Å². The molecule has 1 atom stereocenters. The predicted molar refractivity (Wildman–Crippen MR) is 49.1 cm³/mol. The molecule has 2 nitrogen and oxygen atoms in total. The number of hydrogen-bond donors (Lipinski definition) is 0. The third kappa shape index (κ3) is 3.69. The molecule has 0 N–H and O–H groups in total. The number of aliphatic carboxylic acids is 1. The number of rotatable bonds is 4. The van der Waals surface area contributed by atoms with Gasteiger partial charge in [0.05, 0.1) is 0 Å². The van der Waals surface area contributed by atoms with E-state index in [2.05, 4.69) is 0 Å². The number of carbonyl (C=O) groups excluding carboxylic acids is 1. The minimum atomic E-state index is -1.21. The summed E-state index contributed by atoms with van der Waals surface area (Å²) in [7, 11) is 0. The van der Waals surface area contributed by atoms with Gasteiger partial charge in [0.15, 0.2) is 0 Å². The molecule has 1 aromatic carbocycles. The molecular weight excluding hydrogens is 190 g/mol. The molecule has 0 aliphatic rings. The summed E-state index contributed by atoms with van der Waals surface area (Å²) >= 11 is 0. The van der Waals surface area contributed by atoms with E-state index in [0.29, 0.717) is 12.8 Å². The van der Waals surface area contributed by atoms with Crippen LogP contribution in [0.25, 0.3) is 0 Å². The van der Waals surface area contributed by atoms with Crippen LogP contribution in [0.15, 0.2) is 24.3 Å². The average molecular weight is 202 g/mol. The second-order valence-electron chi connectivity index (χ2n) is 3.18. The number of benzene rings is 1. The van der Waals surface area contributed by atoms with E-state index in [4.69, 9.17) is 0 Å². The zero-order chi connectivity index (χ0) is 10.6. The number of hydrogen-bond acceptors (Lipinski definition) is 2. The average Bonchev–Trinajstić information content (AvgIpc) is 2.15. The van der Waals surface area contributed by atoms with E-state index < -0.39 is 17.7 Å². The Labute approximate surface area is 101 Å². The fourth-order valence-electron chi connectivity index (χ4n) is 1.45. The van der Waals surface area contributed by atoms with Crippen LogP contribution in [0.4, 0.5) is 4.39 Å². The molecule has 76 valence electrons. The van der Waals surface area contributed by atoms with E-state index in [9.17, 15) is 14.3 Å². The summed E-state index contributed by atoms with van der Waals surface area (Å²) in [5.74, 6) is -2.52. The van der Waals surface area contributed by atoms with Gasteiger partial charge in [0.2, 0.25) is 0 Å². The molecule has 0 radical (unpaired) electrons. The van der Waals surface area contributed by atoms with Crippen LogP contribution in [-0.2, 0) is 4.79 Å². The zero-order valence-electron chi connectivity index (χ0n) is 9.00. The van der Waals surface area contributed by atoms with Crippen LogP contribution < -0.4 is 24.0 Å². The fraction of sp³-hybridized carbons (Fsp3) is 0.364. The van der Waals surface area contributed by atoms with E-state index in [-0.39, 0.29) is 24.4 Å². The minimum Gasteiger partial charge on any atom is -0.549 e. The van der Waals surface area contributed by atoms with Crippen molar-refractivity contribution in [3.8, 4) is 0 Å². The first kappa shape index (κ1) is 14.2. The minimum absolute atomic E-state index is 0. The molecule has 1 aromatic rings. The maximum absolute atomic E-state index is 13.2. The molecule has 4 heteroatoms. The zero-order valence-corrected chi connectivity index (χ0v) is 9.00. The summed E-state index contributed by atoms with van der Waals surface area (Å²) in [6, 6.07) is 5.92. The van der Waals surface area contributed by atoms with E-state index in [1.807, 2.05) is 6.92 Å². The van der Waals surface area contributed by atoms with Gasteiger partial charge in [-0.15, -0.1) is 0 Å². The topological polar surface area (TPSA) is 40.1 Å². The Hall–Kier alpha value is -0.783. The van der Waals surface area contributed by atoms with E-state index in [0.717, 1.165) is 0 Å². The van der Waals surface area contributed by atoms with Crippen molar-refractivity contribution < 1.29 is 33.2 Å². The largest absolute Gasteiger partial charge is 1.00 e. The smallest absolute Gasteiger partial charge is 0.549 e. The monoisotopic (exact) mass is 202 g/mol. The molecule has 0 heterocycles. The van der Waals surface area contributed by atoms with Gasteiger partial charge in [-0.25, -0.2) is 4.39 Å². The molecule has 0 aliphatic carbocycles. The second-order valence-corrected chi connectivity index (χ2v) is 3.18. The van der Waals surface area contributed by atoms with Crippen molar-refractivity contribution in [2.45, 2.75) is 25.7 Å². The predicted octanol–water partition coefficient (Wildman–Crippen LogP) is -1.54. The molecule has 0 bridgehead atoms. The summed E-state index contributed by atoms with van der Waals surface area (Å²) < 4.78 is 13.2. The summed E-state index contributed by atoms with van der Waals surface area (Å²) in [4.78, 5) is 10.8. The maximum Gasteiger partial charge on any atom is 1.00 e. The van der Waals surface area contributed by atoms with Crippen LogP contribution in [0.3, 0.4) is 0 Å². The molecule has 0 saturated carbocycles. The summed E-state index contributed by atoms with van der Waals surface area (Å²) in [5, 5.41) is 10.8. The van der Waals surface area contributed by atoms with Crippen LogP contribution in [-0.4, -0.2) is 5.97 Å². The van der Waals surface area contributed by atoms with Crippen LogP contribution in [0.1, 0.15) is 31.2 Å². The van der Waals surface area contributed by atoms with Gasteiger partial charge < -0.3 is 9.90 Å². The van der Waals surface area contributed by atoms with Gasteiger partial charge in [-0.05, 0) is 18.1 Å². The molecule has 1 unspecified atom stereocenters. The Morgan fingerprint density at radius 2 is 2.07 bits per heavy atom. The number of carboxylic acids is 1. The van der Waals surface area contributed by atoms with Crippen molar-refractivity contribution in [3.05, 3.63) is 35.6 Å². The van der Waals surface area contributed by atoms with Gasteiger partial charge in [-0.2, -0.15) is 0 Å². The summed E-state index contributed by atoms with van der Waals surface area (Å²) in [6.07, 6.45) is 1.09. The third-order valence-electron chi connectivity index (χ3n) is 2.14. The molecule has 0 fully saturated rings. The Bertz CT molecular complexity index is 328. The molecule has 0 aliphatic heterocycles. The summed E-state index contributed by atoms with van der Waals surface area (Å²) in [5.41, 5.74) is 0.217. The Morgan fingerprint density at radius 1 is 1.47 bits per heavy atom. The van der Waals surface area contributed by atoms with E-state index in [1.165, 1.54) is 18.2 Å². The van der Waals surface area contributed by atoms with Crippen LogP contribution in [0.5, 0.6) is 0 Å². The molecule has 0 spiro atoms. The van der Waals surface area contributed by atoms with E-state index in [1.54, 1.807) is 6.07 Å². The van der Waals surface area contributed by atoms with Crippen LogP contribution >= 0.6 is 0 Å². The normalized spacial score (nSPS) is 11.6. The van der Waals surface area contributed by atoms with Gasteiger partial charge in [0.25, 0.3) is 0 Å². The molecule has 15 heavy (non-hydrogen) atoms. The van der Waals surface area contributed by atoms with Crippen molar-refractivity contribution in [3.63, 3.8) is 0 Å². The molecule has 0 aromatic heterocycles. The first-order valence-corrected chi connectivity index (χ1v) is 4.62. The standard InChI is InChI=1S/C11H13FO2.Li/c1-2-5-9(11(13)14)8-6-3-4-7-10(8)12;/h3-4,6-7,9H,2,5H2,1H3,(H,13,14);/q;+1/p-1. The van der Waals surface area contributed by atoms with Gasteiger partial charge in [0, 0.05) is 11.9 Å². The van der Waals surface area contributed by atoms with Gasteiger partial charge in [-0.3, -0.25) is 0 Å². The number of carbonyl (C=O) groups is 1. The van der Waals surface area contributed by atoms with E-state index >= 15 is 0 Å². The van der Waals surface area contributed by atoms with Gasteiger partial charge >= 0.3 is 18.9 Å². The van der Waals surface area contributed by atoms with Crippen molar-refractivity contribution in [2.24, 2.45) is 0 Å². The third-order valence-corrected chi connectivity index (χ3v) is 2.14. The van der Waals surface area contributed by atoms with Crippen LogP contribution in [0.2, 0.25) is 0 Å². The maximum atomic E-state index is 13.2. The number of carboxylic acid groups (broad SMARTS) is 1. The van der Waals surface area contributed by atoms with Crippen molar-refractivity contribution >= 4 is 5.97 Å². The molecule has 1 rings (SSSR count). The molecule has 0 saturated heterocycles. The number of halogens is 1. The van der Waals surface area contributed by atoms with Crippen molar-refractivity contribution in [2.75, 3.05) is 0 Å². The second kappa shape index (κ2) is 6.66. The van der Waals surface area contributed by atoms with Gasteiger partial charge in [-0.1, -0.05) is 31.5 Å². The molecular formula is C11H12FLiO2. The quantitative estimate of drug-likeness (QED) is 0.555. The summed E-state index contributed by atoms with van der Waals surface area (Å²) in [6.45, 7) is 1.86. The van der Waals surface area contributed by atoms with Gasteiger partial charge in [0.1, 0.15) is 5.82 Å². The Balaban J connectivity index is 0.00000196. The van der Waals surface area contributed by atoms with Crippen molar-refractivity contribution in [1.29, 1.82) is 0 Å². The van der Waals surface area contributed by atoms with Crippen LogP contribution in [0, 0.1) is 5.82 Å². The Kier molecular flexibility index (Phi) is 6.31. The fourth-order valence-corrected chi connectivity index (χ4v) is 1.45. The molecule has 0 amide bonds.